The van der Waals surface area contributed by atoms with E-state index in [-0.39, 0.29) is 6.04 Å². The molecule has 2 N–H and O–H groups in total. The SMILES string of the molecule is CN(C)c1ccc([C@H](CNC(=O)C(=O)Nc2ccc(Cl)cc2)N2CCCC2)cc1. The van der Waals surface area contributed by atoms with Gasteiger partial charge in [0.05, 0.1) is 6.04 Å². The Bertz CT molecular complexity index is 831. The van der Waals surface area contributed by atoms with E-state index >= 15 is 0 Å². The summed E-state index contributed by atoms with van der Waals surface area (Å²) in [6, 6.07) is 15.0. The molecule has 0 spiro atoms. The number of anilines is 2. The Hall–Kier alpha value is -2.57. The standard InChI is InChI=1S/C22H27ClN4O2/c1-26(2)19-11-5-16(6-12-19)20(27-13-3-4-14-27)15-24-21(28)22(29)25-18-9-7-17(23)8-10-18/h5-12,20H,3-4,13-15H2,1-2H3,(H,24,28)(H,25,29)/t20-/m0/s1. The second-order valence-corrected chi connectivity index (χ2v) is 7.85. The monoisotopic (exact) mass is 414 g/mol. The van der Waals surface area contributed by atoms with Crippen molar-refractivity contribution in [3.63, 3.8) is 0 Å². The summed E-state index contributed by atoms with van der Waals surface area (Å²) in [4.78, 5) is 29.0. The maximum Gasteiger partial charge on any atom is 0.313 e. The van der Waals surface area contributed by atoms with E-state index in [1.807, 2.05) is 14.1 Å². The van der Waals surface area contributed by atoms with Crippen LogP contribution in [0, 0.1) is 0 Å². The molecule has 1 fully saturated rings. The number of benzene rings is 2. The Morgan fingerprint density at radius 1 is 1.00 bits per heavy atom. The summed E-state index contributed by atoms with van der Waals surface area (Å²) in [6.07, 6.45) is 2.30. The van der Waals surface area contributed by atoms with Crippen LogP contribution in [0.5, 0.6) is 0 Å². The third-order valence-corrected chi connectivity index (χ3v) is 5.39. The minimum Gasteiger partial charge on any atom is -0.378 e. The molecule has 0 unspecified atom stereocenters. The summed E-state index contributed by atoms with van der Waals surface area (Å²) >= 11 is 5.84. The second-order valence-electron chi connectivity index (χ2n) is 7.42. The Labute approximate surface area is 176 Å². The number of carbonyl (C=O) groups is 2. The molecule has 0 saturated carbocycles. The van der Waals surface area contributed by atoms with Crippen LogP contribution < -0.4 is 15.5 Å². The molecule has 154 valence electrons. The fourth-order valence-electron chi connectivity index (χ4n) is 3.50. The molecule has 1 heterocycles. The van der Waals surface area contributed by atoms with Crippen LogP contribution in [0.3, 0.4) is 0 Å². The van der Waals surface area contributed by atoms with Crippen molar-refractivity contribution in [3.05, 3.63) is 59.1 Å². The highest BCUT2D eigenvalue weighted by Crippen LogP contribution is 2.26. The maximum absolute atomic E-state index is 12.3. The number of likely N-dealkylation sites (tertiary alicyclic amines) is 1. The predicted octanol–water partition coefficient (Wildman–Crippen LogP) is 3.30. The molecule has 2 aromatic carbocycles. The number of hydrogen-bond donors (Lipinski definition) is 2. The van der Waals surface area contributed by atoms with Gasteiger partial charge in [-0.2, -0.15) is 0 Å². The lowest BCUT2D eigenvalue weighted by atomic mass is 10.0. The van der Waals surface area contributed by atoms with Crippen molar-refractivity contribution >= 4 is 34.8 Å². The van der Waals surface area contributed by atoms with Crippen molar-refractivity contribution in [2.75, 3.05) is 43.9 Å². The zero-order chi connectivity index (χ0) is 20.8. The van der Waals surface area contributed by atoms with Crippen LogP contribution in [0.15, 0.2) is 48.5 Å². The Balaban J connectivity index is 1.63. The fourth-order valence-corrected chi connectivity index (χ4v) is 3.62. The van der Waals surface area contributed by atoms with Gasteiger partial charge in [-0.05, 0) is 67.9 Å². The first kappa shape index (κ1) is 21.1. The van der Waals surface area contributed by atoms with Gasteiger partial charge in [0.25, 0.3) is 0 Å². The fraction of sp³-hybridized carbons (Fsp3) is 0.364. The average molecular weight is 415 g/mol. The van der Waals surface area contributed by atoms with E-state index in [0.29, 0.717) is 17.3 Å². The van der Waals surface area contributed by atoms with E-state index in [2.05, 4.69) is 44.7 Å². The molecule has 0 aromatic heterocycles. The molecule has 0 bridgehead atoms. The number of carbonyl (C=O) groups excluding carboxylic acids is 2. The minimum absolute atomic E-state index is 0.0426. The number of nitrogens with zero attached hydrogens (tertiary/aromatic N) is 2. The summed E-state index contributed by atoms with van der Waals surface area (Å²) in [7, 11) is 4.01. The highest BCUT2D eigenvalue weighted by Gasteiger charge is 2.25. The molecule has 0 radical (unpaired) electrons. The van der Waals surface area contributed by atoms with Crippen molar-refractivity contribution in [1.29, 1.82) is 0 Å². The molecule has 1 aliphatic heterocycles. The quantitative estimate of drug-likeness (QED) is 0.712. The van der Waals surface area contributed by atoms with Crippen molar-refractivity contribution in [2.45, 2.75) is 18.9 Å². The molecule has 2 amide bonds. The summed E-state index contributed by atoms with van der Waals surface area (Å²) < 4.78 is 0. The number of hydrogen-bond acceptors (Lipinski definition) is 4. The topological polar surface area (TPSA) is 64.7 Å². The first-order valence-corrected chi connectivity index (χ1v) is 10.2. The summed E-state index contributed by atoms with van der Waals surface area (Å²) in [5.41, 5.74) is 2.79. The van der Waals surface area contributed by atoms with Gasteiger partial charge in [-0.25, -0.2) is 0 Å². The van der Waals surface area contributed by atoms with E-state index in [0.717, 1.165) is 37.2 Å². The van der Waals surface area contributed by atoms with Gasteiger partial charge in [-0.3, -0.25) is 14.5 Å². The highest BCUT2D eigenvalue weighted by atomic mass is 35.5. The van der Waals surface area contributed by atoms with Crippen molar-refractivity contribution in [2.24, 2.45) is 0 Å². The van der Waals surface area contributed by atoms with E-state index < -0.39 is 11.8 Å². The number of halogens is 1. The molecular formula is C22H27ClN4O2. The number of rotatable bonds is 6. The third-order valence-electron chi connectivity index (χ3n) is 5.14. The largest absolute Gasteiger partial charge is 0.378 e. The summed E-state index contributed by atoms with van der Waals surface area (Å²) in [6.45, 7) is 2.37. The molecule has 2 aromatic rings. The van der Waals surface area contributed by atoms with Crippen LogP contribution in [0.1, 0.15) is 24.4 Å². The third kappa shape index (κ3) is 5.71. The lowest BCUT2D eigenvalue weighted by Crippen LogP contribution is -2.41. The van der Waals surface area contributed by atoms with Crippen LogP contribution in [-0.2, 0) is 9.59 Å². The van der Waals surface area contributed by atoms with Crippen LogP contribution >= 0.6 is 11.6 Å². The minimum atomic E-state index is -0.685. The number of nitrogens with one attached hydrogen (secondary N) is 2. The van der Waals surface area contributed by atoms with Gasteiger partial charge in [0.2, 0.25) is 0 Å². The van der Waals surface area contributed by atoms with Gasteiger partial charge in [0, 0.05) is 37.0 Å². The smallest absolute Gasteiger partial charge is 0.313 e. The van der Waals surface area contributed by atoms with E-state index in [9.17, 15) is 9.59 Å². The van der Waals surface area contributed by atoms with Gasteiger partial charge >= 0.3 is 11.8 Å². The van der Waals surface area contributed by atoms with Crippen LogP contribution in [0.4, 0.5) is 11.4 Å². The lowest BCUT2D eigenvalue weighted by molar-refractivity contribution is -0.136. The second kappa shape index (κ2) is 9.76. The molecule has 1 atom stereocenters. The van der Waals surface area contributed by atoms with Gasteiger partial charge in [-0.15, -0.1) is 0 Å². The maximum atomic E-state index is 12.3. The zero-order valence-corrected chi connectivity index (χ0v) is 17.6. The van der Waals surface area contributed by atoms with Crippen LogP contribution in [0.25, 0.3) is 0 Å². The first-order chi connectivity index (χ1) is 13.9. The van der Waals surface area contributed by atoms with E-state index in [1.165, 1.54) is 0 Å². The molecule has 1 saturated heterocycles. The first-order valence-electron chi connectivity index (χ1n) is 9.80. The molecule has 3 rings (SSSR count). The zero-order valence-electron chi connectivity index (χ0n) is 16.8. The van der Waals surface area contributed by atoms with Crippen LogP contribution in [0.2, 0.25) is 5.02 Å². The van der Waals surface area contributed by atoms with Gasteiger partial charge in [0.15, 0.2) is 0 Å². The lowest BCUT2D eigenvalue weighted by Gasteiger charge is -2.28. The molecule has 1 aliphatic rings. The van der Waals surface area contributed by atoms with Gasteiger partial charge < -0.3 is 15.5 Å². The average Bonchev–Trinajstić information content (AvgIpc) is 3.24. The molecule has 29 heavy (non-hydrogen) atoms. The van der Waals surface area contributed by atoms with E-state index in [4.69, 9.17) is 11.6 Å². The molecule has 0 aliphatic carbocycles. The molecule has 7 heteroatoms. The van der Waals surface area contributed by atoms with Crippen LogP contribution in [-0.4, -0.2) is 50.4 Å². The Morgan fingerprint density at radius 2 is 1.62 bits per heavy atom. The highest BCUT2D eigenvalue weighted by molar-refractivity contribution is 6.39. The Kier molecular flexibility index (Phi) is 7.12. The van der Waals surface area contributed by atoms with Crippen molar-refractivity contribution in [3.8, 4) is 0 Å². The van der Waals surface area contributed by atoms with E-state index in [1.54, 1.807) is 24.3 Å². The summed E-state index contributed by atoms with van der Waals surface area (Å²) in [5.74, 6) is -1.33. The predicted molar refractivity (Wildman–Crippen MR) is 117 cm³/mol. The van der Waals surface area contributed by atoms with Crippen molar-refractivity contribution < 1.29 is 9.59 Å². The van der Waals surface area contributed by atoms with Gasteiger partial charge in [-0.1, -0.05) is 23.7 Å². The molecule has 6 nitrogen and oxygen atoms in total. The van der Waals surface area contributed by atoms with Crippen molar-refractivity contribution in [1.82, 2.24) is 10.2 Å². The normalized spacial score (nSPS) is 15.0. The Morgan fingerprint density at radius 3 is 2.21 bits per heavy atom. The summed E-state index contributed by atoms with van der Waals surface area (Å²) in [5, 5.41) is 5.96. The number of amides is 2. The molecular weight excluding hydrogens is 388 g/mol. The van der Waals surface area contributed by atoms with Gasteiger partial charge in [0.1, 0.15) is 0 Å².